The van der Waals surface area contributed by atoms with Gasteiger partial charge < -0.3 is 10.6 Å². The van der Waals surface area contributed by atoms with Gasteiger partial charge in [-0.15, -0.1) is 0 Å². The van der Waals surface area contributed by atoms with E-state index < -0.39 is 0 Å². The molecule has 1 aromatic carbocycles. The van der Waals surface area contributed by atoms with Gasteiger partial charge in [-0.25, -0.2) is 4.98 Å². The Hall–Kier alpha value is -2.25. The van der Waals surface area contributed by atoms with E-state index in [1.54, 1.807) is 17.1 Å². The molecule has 0 atom stereocenters. The highest BCUT2D eigenvalue weighted by Gasteiger charge is 2.07. The van der Waals surface area contributed by atoms with Gasteiger partial charge >= 0.3 is 0 Å². The van der Waals surface area contributed by atoms with E-state index in [0.29, 0.717) is 23.3 Å². The van der Waals surface area contributed by atoms with Crippen LogP contribution in [0.1, 0.15) is 11.1 Å². The van der Waals surface area contributed by atoms with E-state index in [1.165, 1.54) is 11.1 Å². The predicted octanol–water partition coefficient (Wildman–Crippen LogP) is 4.08. The molecule has 3 aromatic rings. The first-order chi connectivity index (χ1) is 12.1. The topological polar surface area (TPSA) is 67.7 Å². The van der Waals surface area contributed by atoms with Gasteiger partial charge in [0, 0.05) is 25.5 Å². The fourth-order valence-corrected chi connectivity index (χ4v) is 3.02. The molecule has 0 aliphatic rings. The van der Waals surface area contributed by atoms with Crippen LogP contribution in [0.15, 0.2) is 42.9 Å². The lowest BCUT2D eigenvalue weighted by molar-refractivity contribution is 0.768. The number of anilines is 3. The molecule has 2 heterocycles. The number of halogens is 1. The number of benzene rings is 1. The molecule has 0 fully saturated rings. The summed E-state index contributed by atoms with van der Waals surface area (Å²) >= 11 is 8.02. The van der Waals surface area contributed by atoms with Crippen LogP contribution in [0.4, 0.5) is 17.5 Å². The Morgan fingerprint density at radius 1 is 1.24 bits per heavy atom. The van der Waals surface area contributed by atoms with E-state index in [-0.39, 0.29) is 0 Å². The summed E-state index contributed by atoms with van der Waals surface area (Å²) in [7, 11) is 1.85. The van der Waals surface area contributed by atoms with Crippen molar-refractivity contribution in [3.05, 3.63) is 59.0 Å². The maximum Gasteiger partial charge on any atom is 0.229 e. The monoisotopic (exact) mass is 374 g/mol. The average Bonchev–Trinajstić information content (AvgIpc) is 3.01. The highest BCUT2D eigenvalue weighted by molar-refractivity contribution is 7.97. The third kappa shape index (κ3) is 4.87. The van der Waals surface area contributed by atoms with Crippen molar-refractivity contribution in [2.75, 3.05) is 16.9 Å². The van der Waals surface area contributed by atoms with Gasteiger partial charge in [-0.3, -0.25) is 4.68 Å². The Morgan fingerprint density at radius 3 is 2.84 bits per heavy atom. The molecule has 6 nitrogen and oxygen atoms in total. The van der Waals surface area contributed by atoms with Crippen molar-refractivity contribution < 1.29 is 0 Å². The molecule has 0 saturated carbocycles. The van der Waals surface area contributed by atoms with Crippen molar-refractivity contribution in [1.29, 1.82) is 0 Å². The minimum atomic E-state index is 0.469. The highest BCUT2D eigenvalue weighted by Crippen LogP contribution is 2.22. The lowest BCUT2D eigenvalue weighted by atomic mass is 10.1. The summed E-state index contributed by atoms with van der Waals surface area (Å²) in [5.41, 5.74) is 3.31. The lowest BCUT2D eigenvalue weighted by Gasteiger charge is -2.10. The first-order valence-electron chi connectivity index (χ1n) is 7.73. The number of nitrogens with one attached hydrogen (secondary N) is 2. The number of aryl methyl sites for hydroxylation is 1. The maximum absolute atomic E-state index is 6.22. The molecule has 0 amide bonds. The molecule has 0 unspecified atom stereocenters. The molecule has 8 heteroatoms. The second-order valence-electron chi connectivity index (χ2n) is 5.52. The first-order valence-corrected chi connectivity index (χ1v) is 9.50. The minimum Gasteiger partial charge on any atom is -0.365 e. The van der Waals surface area contributed by atoms with Gasteiger partial charge in [-0.05, 0) is 17.4 Å². The van der Waals surface area contributed by atoms with E-state index in [9.17, 15) is 0 Å². The zero-order chi connectivity index (χ0) is 17.6. The summed E-state index contributed by atoms with van der Waals surface area (Å²) in [6.45, 7) is 0.644. The highest BCUT2D eigenvalue weighted by atomic mass is 35.5. The van der Waals surface area contributed by atoms with Crippen molar-refractivity contribution >= 4 is 40.8 Å². The fourth-order valence-electron chi connectivity index (χ4n) is 2.35. The molecule has 0 radical (unpaired) electrons. The molecule has 130 valence electrons. The van der Waals surface area contributed by atoms with E-state index in [4.69, 9.17) is 11.6 Å². The molecule has 0 spiro atoms. The van der Waals surface area contributed by atoms with Gasteiger partial charge in [0.25, 0.3) is 0 Å². The van der Waals surface area contributed by atoms with Gasteiger partial charge in [0.2, 0.25) is 5.95 Å². The van der Waals surface area contributed by atoms with E-state index in [0.717, 1.165) is 11.4 Å². The first kappa shape index (κ1) is 17.6. The Kier molecular flexibility index (Phi) is 5.78. The van der Waals surface area contributed by atoms with Gasteiger partial charge in [-0.1, -0.05) is 35.9 Å². The smallest absolute Gasteiger partial charge is 0.229 e. The normalized spacial score (nSPS) is 10.7. The van der Waals surface area contributed by atoms with Gasteiger partial charge in [0.05, 0.1) is 18.1 Å². The Labute approximate surface area is 156 Å². The second-order valence-corrected chi connectivity index (χ2v) is 6.80. The van der Waals surface area contributed by atoms with Crippen LogP contribution in [0.5, 0.6) is 0 Å². The summed E-state index contributed by atoms with van der Waals surface area (Å²) in [4.78, 5) is 8.65. The molecule has 0 aliphatic carbocycles. The average molecular weight is 375 g/mol. The van der Waals surface area contributed by atoms with E-state index >= 15 is 0 Å². The zero-order valence-electron chi connectivity index (χ0n) is 14.0. The summed E-state index contributed by atoms with van der Waals surface area (Å²) in [6.07, 6.45) is 7.24. The molecule has 0 aliphatic heterocycles. The summed E-state index contributed by atoms with van der Waals surface area (Å²) in [6, 6.07) is 8.47. The van der Waals surface area contributed by atoms with E-state index in [2.05, 4.69) is 56.2 Å². The third-order valence-corrected chi connectivity index (χ3v) is 4.37. The van der Waals surface area contributed by atoms with Gasteiger partial charge in [0.15, 0.2) is 5.82 Å². The zero-order valence-corrected chi connectivity index (χ0v) is 15.6. The van der Waals surface area contributed by atoms with Crippen LogP contribution in [-0.4, -0.2) is 26.0 Å². The standard InChI is InChI=1S/C17H19ClN6S/c1-24-10-14(8-21-24)22-17-20-9-15(18)16(23-17)19-7-12-4-3-5-13(6-12)11-25-2/h3-6,8-10H,7,11H2,1-2H3,(H2,19,20,22,23). The SMILES string of the molecule is CSCc1cccc(CNc2nc(Nc3cnn(C)c3)ncc2Cl)c1. The Balaban J connectivity index is 1.69. The molecular formula is C17H19ClN6S. The van der Waals surface area contributed by atoms with Crippen LogP contribution < -0.4 is 10.6 Å². The second kappa shape index (κ2) is 8.22. The molecule has 25 heavy (non-hydrogen) atoms. The Morgan fingerprint density at radius 2 is 2.08 bits per heavy atom. The van der Waals surface area contributed by atoms with Crippen molar-refractivity contribution in [3.8, 4) is 0 Å². The number of hydrogen-bond acceptors (Lipinski definition) is 6. The number of hydrogen-bond donors (Lipinski definition) is 2. The number of nitrogens with zero attached hydrogens (tertiary/aromatic N) is 4. The molecule has 0 saturated heterocycles. The molecular weight excluding hydrogens is 356 g/mol. The largest absolute Gasteiger partial charge is 0.365 e. The minimum absolute atomic E-state index is 0.469. The molecule has 3 rings (SSSR count). The quantitative estimate of drug-likeness (QED) is 0.649. The van der Waals surface area contributed by atoms with Crippen LogP contribution in [-0.2, 0) is 19.3 Å². The van der Waals surface area contributed by atoms with Gasteiger partial charge in [-0.2, -0.15) is 21.8 Å². The van der Waals surface area contributed by atoms with Crippen LogP contribution in [0.2, 0.25) is 5.02 Å². The van der Waals surface area contributed by atoms with Crippen molar-refractivity contribution in [2.24, 2.45) is 7.05 Å². The third-order valence-electron chi connectivity index (χ3n) is 3.47. The van der Waals surface area contributed by atoms with Crippen LogP contribution in [0.3, 0.4) is 0 Å². The van der Waals surface area contributed by atoms with Crippen molar-refractivity contribution in [3.63, 3.8) is 0 Å². The van der Waals surface area contributed by atoms with Crippen LogP contribution in [0.25, 0.3) is 0 Å². The van der Waals surface area contributed by atoms with Gasteiger partial charge in [0.1, 0.15) is 5.02 Å². The van der Waals surface area contributed by atoms with E-state index in [1.807, 2.05) is 25.0 Å². The molecule has 0 bridgehead atoms. The lowest BCUT2D eigenvalue weighted by Crippen LogP contribution is -2.05. The molecule has 2 aromatic heterocycles. The van der Waals surface area contributed by atoms with Crippen LogP contribution >= 0.6 is 23.4 Å². The van der Waals surface area contributed by atoms with Crippen molar-refractivity contribution in [1.82, 2.24) is 19.7 Å². The number of aromatic nitrogens is 4. The summed E-state index contributed by atoms with van der Waals surface area (Å²) in [5, 5.41) is 11.0. The maximum atomic E-state index is 6.22. The predicted molar refractivity (Wildman–Crippen MR) is 105 cm³/mol. The fraction of sp³-hybridized carbons (Fsp3) is 0.235. The summed E-state index contributed by atoms with van der Waals surface area (Å²) in [5.74, 6) is 2.07. The summed E-state index contributed by atoms with van der Waals surface area (Å²) < 4.78 is 1.71. The number of thioether (sulfide) groups is 1. The van der Waals surface area contributed by atoms with Crippen molar-refractivity contribution in [2.45, 2.75) is 12.3 Å². The molecule has 2 N–H and O–H groups in total. The Bertz CT molecular complexity index is 851. The number of rotatable bonds is 7. The van der Waals surface area contributed by atoms with Crippen LogP contribution in [0, 0.1) is 0 Å².